The summed E-state index contributed by atoms with van der Waals surface area (Å²) in [5, 5.41) is 0. The summed E-state index contributed by atoms with van der Waals surface area (Å²) in [5.74, 6) is 0.793. The van der Waals surface area contributed by atoms with Gasteiger partial charge in [-0.2, -0.15) is 0 Å². The van der Waals surface area contributed by atoms with E-state index in [1.807, 2.05) is 18.2 Å². The molecule has 0 saturated carbocycles. The number of likely N-dealkylation sites (N-methyl/N-ethyl adjacent to an activating group) is 1. The van der Waals surface area contributed by atoms with Gasteiger partial charge in [0.2, 0.25) is 5.95 Å². The van der Waals surface area contributed by atoms with Gasteiger partial charge in [-0.3, -0.25) is 0 Å². The molecule has 1 aliphatic heterocycles. The Morgan fingerprint density at radius 1 is 1.09 bits per heavy atom. The molecule has 1 aromatic carbocycles. The first-order valence-electron chi connectivity index (χ1n) is 7.93. The molecule has 3 rings (SSSR count). The molecule has 0 amide bonds. The highest BCUT2D eigenvalue weighted by Crippen LogP contribution is 2.23. The minimum absolute atomic E-state index is 0.423. The van der Waals surface area contributed by atoms with Gasteiger partial charge in [0.1, 0.15) is 0 Å². The number of anilines is 1. The lowest BCUT2D eigenvalue weighted by atomic mass is 10.1. The third-order valence-corrected chi connectivity index (χ3v) is 4.65. The van der Waals surface area contributed by atoms with Crippen molar-refractivity contribution in [3.05, 3.63) is 40.5 Å². The van der Waals surface area contributed by atoms with Crippen molar-refractivity contribution < 1.29 is 0 Å². The van der Waals surface area contributed by atoms with Crippen molar-refractivity contribution in [3.63, 3.8) is 0 Å². The standard InChI is InChI=1S/C17H22BrN5/c1-22-7-2-8-23(10-9-22)17-20-15(12-19)11-16(21-17)13-3-5-14(18)6-4-13/h3-6,11H,2,7-10,12,19H2,1H3. The minimum atomic E-state index is 0.423. The molecule has 1 saturated heterocycles. The second-order valence-corrected chi connectivity index (χ2v) is 6.82. The van der Waals surface area contributed by atoms with Crippen molar-refractivity contribution in [2.24, 2.45) is 5.73 Å². The normalized spacial score (nSPS) is 16.4. The Kier molecular flexibility index (Phi) is 5.25. The molecule has 2 N–H and O–H groups in total. The largest absolute Gasteiger partial charge is 0.339 e. The molecule has 6 heteroatoms. The average Bonchev–Trinajstić information content (AvgIpc) is 2.79. The summed E-state index contributed by atoms with van der Waals surface area (Å²) in [4.78, 5) is 14.1. The smallest absolute Gasteiger partial charge is 0.226 e. The second-order valence-electron chi connectivity index (χ2n) is 5.90. The van der Waals surface area contributed by atoms with Gasteiger partial charge >= 0.3 is 0 Å². The van der Waals surface area contributed by atoms with Crippen molar-refractivity contribution in [1.82, 2.24) is 14.9 Å². The fraction of sp³-hybridized carbons (Fsp3) is 0.412. The topological polar surface area (TPSA) is 58.3 Å². The molecule has 1 fully saturated rings. The first-order valence-corrected chi connectivity index (χ1v) is 8.72. The zero-order chi connectivity index (χ0) is 16.2. The van der Waals surface area contributed by atoms with Gasteiger partial charge in [0.05, 0.1) is 11.4 Å². The highest BCUT2D eigenvalue weighted by molar-refractivity contribution is 9.10. The number of rotatable bonds is 3. The fourth-order valence-corrected chi connectivity index (χ4v) is 3.01. The van der Waals surface area contributed by atoms with E-state index in [0.29, 0.717) is 6.54 Å². The van der Waals surface area contributed by atoms with Crippen LogP contribution in [-0.2, 0) is 6.54 Å². The zero-order valence-electron chi connectivity index (χ0n) is 13.4. The highest BCUT2D eigenvalue weighted by atomic mass is 79.9. The number of hydrogen-bond acceptors (Lipinski definition) is 5. The van der Waals surface area contributed by atoms with E-state index < -0.39 is 0 Å². The van der Waals surface area contributed by atoms with Crippen LogP contribution in [0, 0.1) is 0 Å². The van der Waals surface area contributed by atoms with Crippen LogP contribution < -0.4 is 10.6 Å². The van der Waals surface area contributed by atoms with Crippen LogP contribution in [0.1, 0.15) is 12.1 Å². The molecule has 0 aliphatic carbocycles. The van der Waals surface area contributed by atoms with Gasteiger partial charge in [-0.05, 0) is 38.2 Å². The molecule has 0 bridgehead atoms. The van der Waals surface area contributed by atoms with Crippen molar-refractivity contribution in [2.75, 3.05) is 38.1 Å². The molecule has 1 aliphatic rings. The summed E-state index contributed by atoms with van der Waals surface area (Å²) in [7, 11) is 2.16. The van der Waals surface area contributed by atoms with E-state index in [2.05, 4.69) is 49.9 Å². The molecular formula is C17H22BrN5. The maximum absolute atomic E-state index is 5.85. The summed E-state index contributed by atoms with van der Waals surface area (Å²) in [6.07, 6.45) is 1.13. The van der Waals surface area contributed by atoms with E-state index in [1.165, 1.54) is 0 Å². The number of nitrogens with zero attached hydrogens (tertiary/aromatic N) is 4. The van der Waals surface area contributed by atoms with Crippen molar-refractivity contribution in [3.8, 4) is 11.3 Å². The molecule has 0 atom stereocenters. The molecule has 5 nitrogen and oxygen atoms in total. The van der Waals surface area contributed by atoms with Gasteiger partial charge in [0, 0.05) is 36.2 Å². The Labute approximate surface area is 145 Å². The van der Waals surface area contributed by atoms with E-state index in [-0.39, 0.29) is 0 Å². The Balaban J connectivity index is 1.94. The molecule has 23 heavy (non-hydrogen) atoms. The zero-order valence-corrected chi connectivity index (χ0v) is 15.0. The summed E-state index contributed by atoms with van der Waals surface area (Å²) in [5.41, 5.74) is 8.74. The number of halogens is 1. The predicted octanol–water partition coefficient (Wildman–Crippen LogP) is 2.51. The first-order chi connectivity index (χ1) is 11.2. The SMILES string of the molecule is CN1CCCN(c2nc(CN)cc(-c3ccc(Br)cc3)n2)CC1. The van der Waals surface area contributed by atoms with E-state index in [0.717, 1.165) is 60.0 Å². The minimum Gasteiger partial charge on any atom is -0.339 e. The van der Waals surface area contributed by atoms with Gasteiger partial charge < -0.3 is 15.5 Å². The van der Waals surface area contributed by atoms with Crippen molar-refractivity contribution >= 4 is 21.9 Å². The van der Waals surface area contributed by atoms with Gasteiger partial charge in [0.15, 0.2) is 0 Å². The molecule has 0 unspecified atom stereocenters. The Morgan fingerprint density at radius 3 is 2.61 bits per heavy atom. The number of nitrogens with two attached hydrogens (primary N) is 1. The van der Waals surface area contributed by atoms with Gasteiger partial charge in [-0.15, -0.1) is 0 Å². The van der Waals surface area contributed by atoms with Crippen molar-refractivity contribution in [2.45, 2.75) is 13.0 Å². The Hall–Kier alpha value is -1.50. The maximum atomic E-state index is 5.85. The monoisotopic (exact) mass is 375 g/mol. The van der Waals surface area contributed by atoms with E-state index in [4.69, 9.17) is 10.7 Å². The quantitative estimate of drug-likeness (QED) is 0.892. The molecule has 2 aromatic rings. The highest BCUT2D eigenvalue weighted by Gasteiger charge is 2.16. The van der Waals surface area contributed by atoms with Gasteiger partial charge in [-0.1, -0.05) is 28.1 Å². The Bertz CT molecular complexity index is 659. The number of benzene rings is 1. The molecule has 2 heterocycles. The lowest BCUT2D eigenvalue weighted by molar-refractivity contribution is 0.360. The molecule has 0 spiro atoms. The molecule has 0 radical (unpaired) electrons. The fourth-order valence-electron chi connectivity index (χ4n) is 2.74. The Morgan fingerprint density at radius 2 is 1.87 bits per heavy atom. The first kappa shape index (κ1) is 16.4. The second kappa shape index (κ2) is 7.38. The van der Waals surface area contributed by atoms with E-state index in [9.17, 15) is 0 Å². The third-order valence-electron chi connectivity index (χ3n) is 4.12. The lowest BCUT2D eigenvalue weighted by Gasteiger charge is -2.21. The predicted molar refractivity (Wildman–Crippen MR) is 97.4 cm³/mol. The summed E-state index contributed by atoms with van der Waals surface area (Å²) >= 11 is 3.47. The van der Waals surface area contributed by atoms with Gasteiger partial charge in [-0.25, -0.2) is 9.97 Å². The van der Waals surface area contributed by atoms with Crippen LogP contribution >= 0.6 is 15.9 Å². The van der Waals surface area contributed by atoms with Crippen LogP contribution in [0.25, 0.3) is 11.3 Å². The maximum Gasteiger partial charge on any atom is 0.226 e. The molecule has 1 aromatic heterocycles. The summed E-state index contributed by atoms with van der Waals surface area (Å²) < 4.78 is 1.06. The number of hydrogen-bond donors (Lipinski definition) is 1. The van der Waals surface area contributed by atoms with Crippen LogP contribution in [0.2, 0.25) is 0 Å². The van der Waals surface area contributed by atoms with Crippen LogP contribution in [0.4, 0.5) is 5.95 Å². The lowest BCUT2D eigenvalue weighted by Crippen LogP contribution is -2.30. The van der Waals surface area contributed by atoms with Gasteiger partial charge in [0.25, 0.3) is 0 Å². The molecular weight excluding hydrogens is 354 g/mol. The summed E-state index contributed by atoms with van der Waals surface area (Å²) in [6.45, 7) is 4.51. The van der Waals surface area contributed by atoms with Crippen molar-refractivity contribution in [1.29, 1.82) is 0 Å². The average molecular weight is 376 g/mol. The van der Waals surface area contributed by atoms with Crippen LogP contribution in [0.3, 0.4) is 0 Å². The van der Waals surface area contributed by atoms with E-state index in [1.54, 1.807) is 0 Å². The summed E-state index contributed by atoms with van der Waals surface area (Å²) in [6, 6.07) is 10.2. The van der Waals surface area contributed by atoms with Crippen LogP contribution in [-0.4, -0.2) is 48.1 Å². The van der Waals surface area contributed by atoms with E-state index >= 15 is 0 Å². The van der Waals surface area contributed by atoms with Crippen LogP contribution in [0.15, 0.2) is 34.8 Å². The number of aromatic nitrogens is 2. The molecule has 122 valence electrons. The third kappa shape index (κ3) is 4.07. The van der Waals surface area contributed by atoms with Crippen LogP contribution in [0.5, 0.6) is 0 Å².